The van der Waals surface area contributed by atoms with Crippen molar-refractivity contribution in [2.45, 2.75) is 39.0 Å². The predicted octanol–water partition coefficient (Wildman–Crippen LogP) is 1.16. The van der Waals surface area contributed by atoms with Crippen LogP contribution in [-0.4, -0.2) is 53.3 Å². The number of hydrogen-bond donors (Lipinski definition) is 1. The van der Waals surface area contributed by atoms with E-state index in [1.165, 1.54) is 0 Å². The number of thiocarbonyl (C=S) groups is 1. The minimum atomic E-state index is 0.0352. The molecular weight excluding hydrogens is 274 g/mol. The fourth-order valence-corrected chi connectivity index (χ4v) is 2.59. The molecule has 5 nitrogen and oxygen atoms in total. The molecular formula is C14H25N3O2S. The molecule has 1 aliphatic rings. The maximum atomic E-state index is 11.9. The van der Waals surface area contributed by atoms with Gasteiger partial charge >= 0.3 is 0 Å². The van der Waals surface area contributed by atoms with Gasteiger partial charge in [-0.1, -0.05) is 25.6 Å². The molecule has 2 amide bonds. The highest BCUT2D eigenvalue weighted by atomic mass is 32.1. The van der Waals surface area contributed by atoms with Gasteiger partial charge in [0.15, 0.2) is 0 Å². The number of carbonyl (C=O) groups excluding carboxylic acids is 2. The first-order valence-electron chi connectivity index (χ1n) is 7.24. The second-order valence-corrected chi connectivity index (χ2v) is 6.00. The van der Waals surface area contributed by atoms with Crippen LogP contribution >= 0.6 is 12.2 Å². The predicted molar refractivity (Wildman–Crippen MR) is 83.3 cm³/mol. The molecule has 0 aromatic heterocycles. The van der Waals surface area contributed by atoms with E-state index in [2.05, 4.69) is 6.92 Å². The molecule has 1 aliphatic heterocycles. The first-order chi connectivity index (χ1) is 9.43. The molecule has 1 atom stereocenters. The number of likely N-dealkylation sites (tertiary alicyclic amines) is 1. The van der Waals surface area contributed by atoms with Crippen molar-refractivity contribution < 1.29 is 9.59 Å². The molecule has 1 fully saturated rings. The number of nitrogens with zero attached hydrogens (tertiary/aromatic N) is 2. The summed E-state index contributed by atoms with van der Waals surface area (Å²) in [6.45, 7) is 4.00. The number of carbonyl (C=O) groups is 2. The summed E-state index contributed by atoms with van der Waals surface area (Å²) in [4.78, 5) is 27.6. The molecule has 1 unspecified atom stereocenters. The van der Waals surface area contributed by atoms with Crippen LogP contribution in [0.4, 0.5) is 0 Å². The minimum Gasteiger partial charge on any atom is -0.393 e. The molecule has 1 rings (SSSR count). The Hall–Kier alpha value is -1.17. The van der Waals surface area contributed by atoms with Gasteiger partial charge in [0.25, 0.3) is 0 Å². The van der Waals surface area contributed by atoms with E-state index in [1.807, 2.05) is 4.90 Å². The molecule has 1 heterocycles. The third-order valence-electron chi connectivity index (χ3n) is 3.71. The molecule has 0 aromatic carbocycles. The maximum absolute atomic E-state index is 11.9. The standard InChI is InChI=1S/C14H25N3O2S/c1-3-4-11-9-14(19)17(10-11)8-6-13(18)16(2)7-5-12(15)20/h11H,3-10H2,1-2H3,(H2,15,20). The molecule has 2 N–H and O–H groups in total. The number of nitrogens with two attached hydrogens (primary N) is 1. The summed E-state index contributed by atoms with van der Waals surface area (Å²) in [5.41, 5.74) is 5.42. The summed E-state index contributed by atoms with van der Waals surface area (Å²) < 4.78 is 0. The van der Waals surface area contributed by atoms with Crippen LogP contribution < -0.4 is 5.73 Å². The summed E-state index contributed by atoms with van der Waals surface area (Å²) in [6.07, 6.45) is 3.74. The second kappa shape index (κ2) is 8.19. The van der Waals surface area contributed by atoms with E-state index in [-0.39, 0.29) is 11.8 Å². The van der Waals surface area contributed by atoms with E-state index in [0.717, 1.165) is 19.4 Å². The number of hydrogen-bond acceptors (Lipinski definition) is 3. The maximum Gasteiger partial charge on any atom is 0.224 e. The van der Waals surface area contributed by atoms with E-state index in [1.54, 1.807) is 11.9 Å². The van der Waals surface area contributed by atoms with Crippen LogP contribution in [0.1, 0.15) is 39.0 Å². The van der Waals surface area contributed by atoms with Crippen LogP contribution in [0, 0.1) is 5.92 Å². The molecule has 0 bridgehead atoms. The van der Waals surface area contributed by atoms with Crippen molar-refractivity contribution in [3.8, 4) is 0 Å². The Balaban J connectivity index is 2.30. The second-order valence-electron chi connectivity index (χ2n) is 5.48. The fraction of sp³-hybridized carbons (Fsp3) is 0.786. The van der Waals surface area contributed by atoms with Crippen molar-refractivity contribution >= 4 is 29.0 Å². The van der Waals surface area contributed by atoms with Crippen LogP contribution in [0.3, 0.4) is 0 Å². The summed E-state index contributed by atoms with van der Waals surface area (Å²) >= 11 is 4.79. The van der Waals surface area contributed by atoms with Crippen molar-refractivity contribution in [3.63, 3.8) is 0 Å². The minimum absolute atomic E-state index is 0.0352. The molecule has 0 spiro atoms. The van der Waals surface area contributed by atoms with Crippen LogP contribution in [0.15, 0.2) is 0 Å². The average molecular weight is 299 g/mol. The first-order valence-corrected chi connectivity index (χ1v) is 7.64. The van der Waals surface area contributed by atoms with Gasteiger partial charge in [-0.2, -0.15) is 0 Å². The zero-order chi connectivity index (χ0) is 15.1. The van der Waals surface area contributed by atoms with Crippen LogP contribution in [0.2, 0.25) is 0 Å². The van der Waals surface area contributed by atoms with E-state index < -0.39 is 0 Å². The smallest absolute Gasteiger partial charge is 0.224 e. The van der Waals surface area contributed by atoms with Crippen LogP contribution in [0.25, 0.3) is 0 Å². The lowest BCUT2D eigenvalue weighted by molar-refractivity contribution is -0.131. The third-order valence-corrected chi connectivity index (χ3v) is 3.91. The topological polar surface area (TPSA) is 66.6 Å². The summed E-state index contributed by atoms with van der Waals surface area (Å²) in [6, 6.07) is 0. The van der Waals surface area contributed by atoms with E-state index in [0.29, 0.717) is 43.3 Å². The zero-order valence-corrected chi connectivity index (χ0v) is 13.2. The lowest BCUT2D eigenvalue weighted by atomic mass is 10.0. The zero-order valence-electron chi connectivity index (χ0n) is 12.4. The van der Waals surface area contributed by atoms with E-state index in [4.69, 9.17) is 18.0 Å². The molecule has 0 saturated carbocycles. The highest BCUT2D eigenvalue weighted by molar-refractivity contribution is 7.80. The Bertz CT molecular complexity index is 373. The van der Waals surface area contributed by atoms with Crippen molar-refractivity contribution in [2.24, 2.45) is 11.7 Å². The molecule has 114 valence electrons. The van der Waals surface area contributed by atoms with Gasteiger partial charge in [0.1, 0.15) is 0 Å². The van der Waals surface area contributed by atoms with Crippen molar-refractivity contribution in [1.82, 2.24) is 9.80 Å². The Kier molecular flexibility index (Phi) is 6.91. The van der Waals surface area contributed by atoms with Crippen molar-refractivity contribution in [1.29, 1.82) is 0 Å². The van der Waals surface area contributed by atoms with Gasteiger partial charge in [-0.15, -0.1) is 0 Å². The monoisotopic (exact) mass is 299 g/mol. The largest absolute Gasteiger partial charge is 0.393 e. The van der Waals surface area contributed by atoms with Gasteiger partial charge in [-0.25, -0.2) is 0 Å². The Morgan fingerprint density at radius 3 is 2.80 bits per heavy atom. The quantitative estimate of drug-likeness (QED) is 0.683. The molecule has 0 aromatic rings. The van der Waals surface area contributed by atoms with Crippen molar-refractivity contribution in [3.05, 3.63) is 0 Å². The highest BCUT2D eigenvalue weighted by Crippen LogP contribution is 2.22. The first kappa shape index (κ1) is 16.9. The van der Waals surface area contributed by atoms with Gasteiger partial charge in [0.05, 0.1) is 4.99 Å². The Morgan fingerprint density at radius 2 is 2.20 bits per heavy atom. The summed E-state index contributed by atoms with van der Waals surface area (Å²) in [5, 5.41) is 0. The molecule has 0 aliphatic carbocycles. The number of rotatable bonds is 8. The SMILES string of the molecule is CCCC1CC(=O)N(CCC(=O)N(C)CCC(N)=S)C1. The lowest BCUT2D eigenvalue weighted by Gasteiger charge is -2.20. The average Bonchev–Trinajstić information content (AvgIpc) is 2.73. The van der Waals surface area contributed by atoms with E-state index in [9.17, 15) is 9.59 Å². The normalized spacial score (nSPS) is 18.4. The molecule has 1 saturated heterocycles. The van der Waals surface area contributed by atoms with Crippen LogP contribution in [-0.2, 0) is 9.59 Å². The Labute approximate surface area is 126 Å². The Morgan fingerprint density at radius 1 is 1.50 bits per heavy atom. The highest BCUT2D eigenvalue weighted by Gasteiger charge is 2.28. The van der Waals surface area contributed by atoms with Gasteiger partial charge in [-0.05, 0) is 12.3 Å². The van der Waals surface area contributed by atoms with Crippen molar-refractivity contribution in [2.75, 3.05) is 26.7 Å². The van der Waals surface area contributed by atoms with Gasteiger partial charge in [0, 0.05) is 45.9 Å². The van der Waals surface area contributed by atoms with E-state index >= 15 is 0 Å². The molecule has 20 heavy (non-hydrogen) atoms. The van der Waals surface area contributed by atoms with Gasteiger partial charge < -0.3 is 15.5 Å². The summed E-state index contributed by atoms with van der Waals surface area (Å²) in [7, 11) is 1.74. The fourth-order valence-electron chi connectivity index (χ4n) is 2.50. The van der Waals surface area contributed by atoms with Gasteiger partial charge in [0.2, 0.25) is 11.8 Å². The summed E-state index contributed by atoms with van der Waals surface area (Å²) in [5.74, 6) is 0.685. The van der Waals surface area contributed by atoms with Gasteiger partial charge in [-0.3, -0.25) is 9.59 Å². The van der Waals surface area contributed by atoms with Crippen LogP contribution in [0.5, 0.6) is 0 Å². The lowest BCUT2D eigenvalue weighted by Crippen LogP contribution is -2.34. The molecule has 0 radical (unpaired) electrons. The number of amides is 2. The molecule has 6 heteroatoms. The third kappa shape index (κ3) is 5.45.